The van der Waals surface area contributed by atoms with Gasteiger partial charge in [0, 0.05) is 49.9 Å². The molecule has 22 heavy (non-hydrogen) atoms. The molecule has 2 unspecified atom stereocenters. The van der Waals surface area contributed by atoms with E-state index in [1.54, 1.807) is 18.4 Å². The number of likely N-dealkylation sites (tertiary alicyclic amines) is 1. The molecule has 2 heterocycles. The summed E-state index contributed by atoms with van der Waals surface area (Å²) in [6, 6.07) is 4.54. The number of nitrogens with one attached hydrogen (secondary N) is 2. The molecule has 0 aliphatic carbocycles. The molecular formula is C16H26N4OS. The van der Waals surface area contributed by atoms with Crippen molar-refractivity contribution in [3.05, 3.63) is 22.4 Å². The van der Waals surface area contributed by atoms with E-state index in [-0.39, 0.29) is 5.91 Å². The first-order valence-electron chi connectivity index (χ1n) is 7.92. The van der Waals surface area contributed by atoms with Gasteiger partial charge >= 0.3 is 0 Å². The van der Waals surface area contributed by atoms with Gasteiger partial charge in [-0.25, -0.2) is 0 Å². The van der Waals surface area contributed by atoms with E-state index in [0.29, 0.717) is 18.4 Å². The Labute approximate surface area is 136 Å². The molecule has 0 saturated carbocycles. The molecule has 1 aromatic heterocycles. The summed E-state index contributed by atoms with van der Waals surface area (Å²) < 4.78 is 0. The molecule has 2 rings (SSSR count). The molecule has 1 amide bonds. The van der Waals surface area contributed by atoms with Crippen LogP contribution in [0, 0.1) is 0 Å². The maximum atomic E-state index is 11.7. The molecule has 1 fully saturated rings. The molecule has 5 nitrogen and oxygen atoms in total. The minimum atomic E-state index is 0.235. The van der Waals surface area contributed by atoms with Crippen LogP contribution in [0.5, 0.6) is 0 Å². The Kier molecular flexibility index (Phi) is 6.24. The van der Waals surface area contributed by atoms with Crippen LogP contribution < -0.4 is 10.6 Å². The first-order valence-corrected chi connectivity index (χ1v) is 8.80. The third kappa shape index (κ3) is 4.47. The Morgan fingerprint density at radius 3 is 3.05 bits per heavy atom. The summed E-state index contributed by atoms with van der Waals surface area (Å²) in [5, 5.41) is 8.92. The summed E-state index contributed by atoms with van der Waals surface area (Å²) in [5.41, 5.74) is 0. The maximum absolute atomic E-state index is 11.7. The summed E-state index contributed by atoms with van der Waals surface area (Å²) >= 11 is 1.78. The number of hydrogen-bond donors (Lipinski definition) is 2. The van der Waals surface area contributed by atoms with Crippen molar-refractivity contribution in [2.75, 3.05) is 26.7 Å². The highest BCUT2D eigenvalue weighted by atomic mass is 32.1. The number of carbonyl (C=O) groups is 1. The Morgan fingerprint density at radius 2 is 2.41 bits per heavy atom. The number of carbonyl (C=O) groups excluding carboxylic acids is 1. The maximum Gasteiger partial charge on any atom is 0.222 e. The Morgan fingerprint density at radius 1 is 1.59 bits per heavy atom. The number of aliphatic imine (C=N–C) groups is 1. The fourth-order valence-electron chi connectivity index (χ4n) is 2.64. The van der Waals surface area contributed by atoms with Crippen LogP contribution in [-0.4, -0.2) is 49.5 Å². The molecule has 6 heteroatoms. The zero-order valence-corrected chi connectivity index (χ0v) is 14.4. The molecule has 1 saturated heterocycles. The largest absolute Gasteiger partial charge is 0.356 e. The van der Waals surface area contributed by atoms with Gasteiger partial charge in [0.1, 0.15) is 0 Å². The van der Waals surface area contributed by atoms with Crippen molar-refractivity contribution >= 4 is 23.2 Å². The third-order valence-corrected chi connectivity index (χ3v) is 5.12. The minimum Gasteiger partial charge on any atom is -0.356 e. The van der Waals surface area contributed by atoms with Gasteiger partial charge in [-0.1, -0.05) is 19.9 Å². The van der Waals surface area contributed by atoms with Gasteiger partial charge in [0.05, 0.1) is 0 Å². The highest BCUT2D eigenvalue weighted by Crippen LogP contribution is 2.19. The molecule has 1 aliphatic rings. The van der Waals surface area contributed by atoms with E-state index >= 15 is 0 Å². The molecule has 0 bridgehead atoms. The number of hydrogen-bond acceptors (Lipinski definition) is 3. The summed E-state index contributed by atoms with van der Waals surface area (Å²) in [6.07, 6.45) is 1.56. The molecule has 1 aliphatic heterocycles. The average molecular weight is 322 g/mol. The van der Waals surface area contributed by atoms with Crippen LogP contribution in [0.25, 0.3) is 0 Å². The standard InChI is InChI=1S/C16H26N4OS/c1-4-15(21)20-8-7-13(11-20)19-16(17-3)18-10-12(2)14-6-5-9-22-14/h5-6,9,12-13H,4,7-8,10-11H2,1-3H3,(H2,17,18,19). The second-order valence-electron chi connectivity index (χ2n) is 5.69. The summed E-state index contributed by atoms with van der Waals surface area (Å²) in [4.78, 5) is 19.3. The predicted molar refractivity (Wildman–Crippen MR) is 92.5 cm³/mol. The predicted octanol–water partition coefficient (Wildman–Crippen LogP) is 2.03. The van der Waals surface area contributed by atoms with Crippen LogP contribution in [0.1, 0.15) is 37.5 Å². The minimum absolute atomic E-state index is 0.235. The smallest absolute Gasteiger partial charge is 0.222 e. The SMILES string of the molecule is CCC(=O)N1CCC(NC(=NC)NCC(C)c2cccs2)C1. The molecule has 2 atom stereocenters. The second kappa shape index (κ2) is 8.17. The lowest BCUT2D eigenvalue weighted by atomic mass is 10.1. The number of amides is 1. The molecule has 2 N–H and O–H groups in total. The van der Waals surface area contributed by atoms with Crippen molar-refractivity contribution in [2.24, 2.45) is 4.99 Å². The fraction of sp³-hybridized carbons (Fsp3) is 0.625. The van der Waals surface area contributed by atoms with Gasteiger partial charge in [-0.3, -0.25) is 9.79 Å². The van der Waals surface area contributed by atoms with E-state index in [9.17, 15) is 4.79 Å². The Balaban J connectivity index is 1.77. The summed E-state index contributed by atoms with van der Waals surface area (Å²) in [7, 11) is 1.79. The fourth-order valence-corrected chi connectivity index (χ4v) is 3.43. The Hall–Kier alpha value is -1.56. The quantitative estimate of drug-likeness (QED) is 0.644. The van der Waals surface area contributed by atoms with Gasteiger partial charge in [-0.05, 0) is 17.9 Å². The summed E-state index contributed by atoms with van der Waals surface area (Å²) in [5.74, 6) is 1.51. The van der Waals surface area contributed by atoms with E-state index in [1.165, 1.54) is 4.88 Å². The van der Waals surface area contributed by atoms with E-state index in [4.69, 9.17) is 0 Å². The molecule has 1 aromatic rings. The average Bonchev–Trinajstić information content (AvgIpc) is 3.21. The molecule has 0 spiro atoms. The van der Waals surface area contributed by atoms with E-state index in [0.717, 1.165) is 32.0 Å². The van der Waals surface area contributed by atoms with Crippen molar-refractivity contribution in [1.29, 1.82) is 0 Å². The van der Waals surface area contributed by atoms with E-state index in [1.807, 2.05) is 11.8 Å². The van der Waals surface area contributed by atoms with Crippen LogP contribution in [0.3, 0.4) is 0 Å². The summed E-state index contributed by atoms with van der Waals surface area (Å²) in [6.45, 7) is 6.59. The monoisotopic (exact) mass is 322 g/mol. The van der Waals surface area contributed by atoms with Crippen molar-refractivity contribution in [3.8, 4) is 0 Å². The second-order valence-corrected chi connectivity index (χ2v) is 6.67. The van der Waals surface area contributed by atoms with E-state index in [2.05, 4.69) is 40.1 Å². The Bertz CT molecular complexity index is 500. The van der Waals surface area contributed by atoms with Crippen molar-refractivity contribution in [2.45, 2.75) is 38.6 Å². The van der Waals surface area contributed by atoms with Crippen molar-refractivity contribution in [3.63, 3.8) is 0 Å². The van der Waals surface area contributed by atoms with Gasteiger partial charge in [0.2, 0.25) is 5.91 Å². The molecular weight excluding hydrogens is 296 g/mol. The zero-order chi connectivity index (χ0) is 15.9. The van der Waals surface area contributed by atoms with Crippen LogP contribution >= 0.6 is 11.3 Å². The van der Waals surface area contributed by atoms with Crippen molar-refractivity contribution in [1.82, 2.24) is 15.5 Å². The highest BCUT2D eigenvalue weighted by Gasteiger charge is 2.25. The molecule has 122 valence electrons. The van der Waals surface area contributed by atoms with Gasteiger partial charge in [-0.2, -0.15) is 0 Å². The van der Waals surface area contributed by atoms with Crippen molar-refractivity contribution < 1.29 is 4.79 Å². The lowest BCUT2D eigenvalue weighted by Gasteiger charge is -2.20. The van der Waals surface area contributed by atoms with Crippen LogP contribution in [0.4, 0.5) is 0 Å². The lowest BCUT2D eigenvalue weighted by molar-refractivity contribution is -0.129. The number of rotatable bonds is 5. The topological polar surface area (TPSA) is 56.7 Å². The van der Waals surface area contributed by atoms with E-state index < -0.39 is 0 Å². The third-order valence-electron chi connectivity index (χ3n) is 4.01. The lowest BCUT2D eigenvalue weighted by Crippen LogP contribution is -2.45. The number of thiophene rings is 1. The van der Waals surface area contributed by atoms with Crippen LogP contribution in [0.15, 0.2) is 22.5 Å². The van der Waals surface area contributed by atoms with Gasteiger partial charge in [0.25, 0.3) is 0 Å². The van der Waals surface area contributed by atoms with Gasteiger partial charge in [-0.15, -0.1) is 11.3 Å². The number of guanidine groups is 1. The van der Waals surface area contributed by atoms with Gasteiger partial charge in [0.15, 0.2) is 5.96 Å². The zero-order valence-electron chi connectivity index (χ0n) is 13.6. The molecule has 0 radical (unpaired) electrons. The number of nitrogens with zero attached hydrogens (tertiary/aromatic N) is 2. The highest BCUT2D eigenvalue weighted by molar-refractivity contribution is 7.10. The van der Waals surface area contributed by atoms with Crippen LogP contribution in [-0.2, 0) is 4.79 Å². The normalized spacial score (nSPS) is 20.0. The van der Waals surface area contributed by atoms with Crippen LogP contribution in [0.2, 0.25) is 0 Å². The first kappa shape index (κ1) is 16.8. The first-order chi connectivity index (χ1) is 10.6. The molecule has 0 aromatic carbocycles. The van der Waals surface area contributed by atoms with Gasteiger partial charge < -0.3 is 15.5 Å².